The van der Waals surface area contributed by atoms with E-state index in [2.05, 4.69) is 6.58 Å². The molecule has 4 fully saturated rings. The van der Waals surface area contributed by atoms with E-state index in [0.29, 0.717) is 0 Å². The van der Waals surface area contributed by atoms with Crippen LogP contribution in [0, 0.1) is 17.8 Å². The zero-order chi connectivity index (χ0) is 23.6. The third-order valence-corrected chi connectivity index (χ3v) is 7.76. The Hall–Kier alpha value is -1.94. The summed E-state index contributed by atoms with van der Waals surface area (Å²) >= 11 is 6.26. The first-order chi connectivity index (χ1) is 15.0. The molecule has 0 radical (unpaired) electrons. The quantitative estimate of drug-likeness (QED) is 0.195. The second-order valence-electron chi connectivity index (χ2n) is 9.22. The maximum atomic E-state index is 12.6. The molecule has 2 saturated heterocycles. The Morgan fingerprint density at radius 3 is 2.59 bits per heavy atom. The average Bonchev–Trinajstić information content (AvgIpc) is 3.26. The zero-order valence-electron chi connectivity index (χ0n) is 18.1. The highest BCUT2D eigenvalue weighted by Crippen LogP contribution is 2.65. The fraction of sp³-hybridized carbons (Fsp3) is 0.682. The number of rotatable bonds is 5. The summed E-state index contributed by atoms with van der Waals surface area (Å²) in [6.45, 7) is 8.09. The number of carbonyl (C=O) groups excluding carboxylic acids is 3. The number of fused-ring (bicyclic) bond motifs is 5. The van der Waals surface area contributed by atoms with Crippen molar-refractivity contribution < 1.29 is 43.5 Å². The van der Waals surface area contributed by atoms with Crippen molar-refractivity contribution in [2.45, 2.75) is 62.8 Å². The topological polar surface area (TPSA) is 132 Å². The minimum Gasteiger partial charge on any atom is -0.459 e. The van der Waals surface area contributed by atoms with Crippen molar-refractivity contribution in [2.24, 2.45) is 17.8 Å². The lowest BCUT2D eigenvalue weighted by Crippen LogP contribution is -2.52. The van der Waals surface area contributed by atoms with E-state index >= 15 is 0 Å². The first kappa shape index (κ1) is 23.2. The van der Waals surface area contributed by atoms with Crippen LogP contribution in [-0.2, 0) is 33.3 Å². The number of epoxide rings is 1. The molecule has 2 heterocycles. The number of carbonyl (C=O) groups is 3. The minimum atomic E-state index is -1.61. The van der Waals surface area contributed by atoms with Gasteiger partial charge in [0.05, 0.1) is 24.0 Å². The standard InChI is InChI=1S/C22H27ClO9/c1-9(5-6-24)19(26)30-12-7-22(28,8-23)15-14(16-13(12)10(2)20(27)31-16)21(4)18(32-21)17(15)29-11(3)25/h5,12-18,24,28H,2,6-8H2,1,3-4H3/b9-5+/t12-,13-,14?,15?,16+,17+,18-,21+,22?/m1/s1. The van der Waals surface area contributed by atoms with E-state index in [1.165, 1.54) is 19.9 Å². The predicted molar refractivity (Wildman–Crippen MR) is 109 cm³/mol. The molecule has 2 aliphatic carbocycles. The molecule has 2 saturated carbocycles. The molecule has 0 aromatic carbocycles. The van der Waals surface area contributed by atoms with Crippen LogP contribution in [-0.4, -0.2) is 76.2 Å². The molecule has 2 aliphatic heterocycles. The van der Waals surface area contributed by atoms with Gasteiger partial charge >= 0.3 is 17.9 Å². The summed E-state index contributed by atoms with van der Waals surface area (Å²) in [5.74, 6) is -4.10. The van der Waals surface area contributed by atoms with Crippen LogP contribution in [0.1, 0.15) is 27.2 Å². The predicted octanol–water partition coefficient (Wildman–Crippen LogP) is 0.643. The number of aliphatic hydroxyl groups excluding tert-OH is 1. The van der Waals surface area contributed by atoms with Gasteiger partial charge in [0.25, 0.3) is 0 Å². The lowest BCUT2D eigenvalue weighted by Gasteiger charge is -2.40. The fourth-order valence-corrected chi connectivity index (χ4v) is 6.10. The van der Waals surface area contributed by atoms with Crippen molar-refractivity contribution in [1.82, 2.24) is 0 Å². The molecule has 0 aromatic heterocycles. The Balaban J connectivity index is 1.78. The van der Waals surface area contributed by atoms with Gasteiger partial charge in [-0.15, -0.1) is 11.6 Å². The normalized spacial score (nSPS) is 44.7. The molecule has 10 heteroatoms. The molecule has 0 bridgehead atoms. The third-order valence-electron chi connectivity index (χ3n) is 7.29. The smallest absolute Gasteiger partial charge is 0.334 e. The van der Waals surface area contributed by atoms with Crippen molar-refractivity contribution >= 4 is 29.5 Å². The minimum absolute atomic E-state index is 0.118. The van der Waals surface area contributed by atoms with Gasteiger partial charge in [-0.3, -0.25) is 4.79 Å². The summed E-state index contributed by atoms with van der Waals surface area (Å²) in [6, 6.07) is 0. The van der Waals surface area contributed by atoms with E-state index in [1.54, 1.807) is 0 Å². The van der Waals surface area contributed by atoms with Crippen molar-refractivity contribution in [3.05, 3.63) is 23.8 Å². The number of hydrogen-bond acceptors (Lipinski definition) is 9. The molecule has 9 nitrogen and oxygen atoms in total. The number of hydrogen-bond donors (Lipinski definition) is 2. The van der Waals surface area contributed by atoms with E-state index in [1.807, 2.05) is 6.92 Å². The van der Waals surface area contributed by atoms with Crippen molar-refractivity contribution in [3.63, 3.8) is 0 Å². The molecule has 9 atom stereocenters. The molecule has 0 amide bonds. The SMILES string of the molecule is C=C1C(=O)O[C@@H]2C3C([C@H](OC(C)=O)[C@H]4O[C@@]34C)C(O)(CCl)C[C@@H](OC(=O)/C(C)=C/CO)[C@@H]12. The molecule has 4 rings (SSSR count). The first-order valence-corrected chi connectivity index (χ1v) is 11.0. The molecule has 176 valence electrons. The lowest BCUT2D eigenvalue weighted by atomic mass is 9.74. The summed E-state index contributed by atoms with van der Waals surface area (Å²) in [6.07, 6.45) is -1.89. The highest BCUT2D eigenvalue weighted by Gasteiger charge is 2.80. The lowest BCUT2D eigenvalue weighted by molar-refractivity contribution is -0.169. The van der Waals surface area contributed by atoms with Gasteiger partial charge in [-0.05, 0) is 19.9 Å². The number of alkyl halides is 1. The van der Waals surface area contributed by atoms with Crippen molar-refractivity contribution in [3.8, 4) is 0 Å². The second kappa shape index (κ2) is 7.83. The highest BCUT2D eigenvalue weighted by molar-refractivity contribution is 6.18. The summed E-state index contributed by atoms with van der Waals surface area (Å²) in [4.78, 5) is 36.9. The van der Waals surface area contributed by atoms with Crippen molar-refractivity contribution in [2.75, 3.05) is 12.5 Å². The maximum absolute atomic E-state index is 12.6. The molecule has 4 aliphatic rings. The maximum Gasteiger partial charge on any atom is 0.334 e. The van der Waals surface area contributed by atoms with Crippen LogP contribution in [0.3, 0.4) is 0 Å². The van der Waals surface area contributed by atoms with Crippen LogP contribution in [0.25, 0.3) is 0 Å². The molecular formula is C22H27ClO9. The number of esters is 3. The fourth-order valence-electron chi connectivity index (χ4n) is 5.81. The van der Waals surface area contributed by atoms with E-state index in [-0.39, 0.29) is 30.1 Å². The average molecular weight is 471 g/mol. The summed E-state index contributed by atoms with van der Waals surface area (Å²) < 4.78 is 22.8. The Kier molecular flexibility index (Phi) is 5.68. The van der Waals surface area contributed by atoms with Crippen molar-refractivity contribution in [1.29, 1.82) is 0 Å². The second-order valence-corrected chi connectivity index (χ2v) is 9.49. The summed E-state index contributed by atoms with van der Waals surface area (Å²) in [7, 11) is 0. The van der Waals surface area contributed by atoms with E-state index < -0.39 is 71.3 Å². The Labute approximate surface area is 190 Å². The van der Waals surface area contributed by atoms with E-state index in [9.17, 15) is 19.5 Å². The van der Waals surface area contributed by atoms with E-state index in [0.717, 1.165) is 0 Å². The molecule has 3 unspecified atom stereocenters. The molecule has 32 heavy (non-hydrogen) atoms. The number of halogens is 1. The third kappa shape index (κ3) is 3.37. The van der Waals surface area contributed by atoms with Crippen LogP contribution in [0.15, 0.2) is 23.8 Å². The summed E-state index contributed by atoms with van der Waals surface area (Å²) in [5.41, 5.74) is -2.12. The zero-order valence-corrected chi connectivity index (χ0v) is 18.8. The first-order valence-electron chi connectivity index (χ1n) is 10.5. The number of aliphatic hydroxyl groups is 2. The Bertz CT molecular complexity index is 900. The van der Waals surface area contributed by atoms with Gasteiger partial charge in [0, 0.05) is 36.3 Å². The van der Waals surface area contributed by atoms with Gasteiger partial charge in [0.15, 0.2) is 0 Å². The van der Waals surface area contributed by atoms with Crippen LogP contribution in [0.2, 0.25) is 0 Å². The summed E-state index contributed by atoms with van der Waals surface area (Å²) in [5, 5.41) is 20.8. The van der Waals surface area contributed by atoms with Gasteiger partial charge in [0.1, 0.15) is 30.0 Å². The molecular weight excluding hydrogens is 444 g/mol. The highest BCUT2D eigenvalue weighted by atomic mass is 35.5. The van der Waals surface area contributed by atoms with Gasteiger partial charge in [0.2, 0.25) is 0 Å². The largest absolute Gasteiger partial charge is 0.459 e. The van der Waals surface area contributed by atoms with Gasteiger partial charge in [-0.1, -0.05) is 6.58 Å². The van der Waals surface area contributed by atoms with Crippen LogP contribution >= 0.6 is 11.6 Å². The van der Waals surface area contributed by atoms with Crippen LogP contribution in [0.4, 0.5) is 0 Å². The monoisotopic (exact) mass is 470 g/mol. The Morgan fingerprint density at radius 1 is 1.31 bits per heavy atom. The van der Waals surface area contributed by atoms with Crippen LogP contribution in [0.5, 0.6) is 0 Å². The van der Waals surface area contributed by atoms with Gasteiger partial charge in [-0.25, -0.2) is 9.59 Å². The Morgan fingerprint density at radius 2 is 2.00 bits per heavy atom. The van der Waals surface area contributed by atoms with Crippen LogP contribution < -0.4 is 0 Å². The number of ether oxygens (including phenoxy) is 4. The molecule has 2 N–H and O–H groups in total. The van der Waals surface area contributed by atoms with Gasteiger partial charge in [-0.2, -0.15) is 0 Å². The van der Waals surface area contributed by atoms with Gasteiger partial charge < -0.3 is 29.2 Å². The van der Waals surface area contributed by atoms with E-state index in [4.69, 9.17) is 35.7 Å². The molecule has 0 spiro atoms. The molecule has 0 aromatic rings.